The first-order valence-electron chi connectivity index (χ1n) is 5.70. The van der Waals surface area contributed by atoms with Gasteiger partial charge in [-0.15, -0.1) is 0 Å². The largest absolute Gasteiger partial charge is 0.417 e. The fourth-order valence-electron chi connectivity index (χ4n) is 1.39. The van der Waals surface area contributed by atoms with Crippen molar-refractivity contribution >= 4 is 21.8 Å². The van der Waals surface area contributed by atoms with E-state index in [1.165, 1.54) is 12.1 Å². The van der Waals surface area contributed by atoms with Crippen LogP contribution < -0.4 is 5.32 Å². The molecule has 2 N–H and O–H groups in total. The summed E-state index contributed by atoms with van der Waals surface area (Å²) >= 11 is 2.80. The Morgan fingerprint density at radius 1 is 1.35 bits per heavy atom. The van der Waals surface area contributed by atoms with E-state index >= 15 is 0 Å². The summed E-state index contributed by atoms with van der Waals surface area (Å²) in [6.45, 7) is 0.340. The van der Waals surface area contributed by atoms with Gasteiger partial charge in [0.2, 0.25) is 0 Å². The van der Waals surface area contributed by atoms with Crippen LogP contribution in [0.4, 0.5) is 13.2 Å². The highest BCUT2D eigenvalue weighted by molar-refractivity contribution is 9.10. The van der Waals surface area contributed by atoms with Crippen LogP contribution in [0.1, 0.15) is 15.9 Å². The molecule has 112 valence electrons. The summed E-state index contributed by atoms with van der Waals surface area (Å²) in [4.78, 5) is 11.7. The van der Waals surface area contributed by atoms with Gasteiger partial charge >= 0.3 is 6.18 Å². The van der Waals surface area contributed by atoms with E-state index in [2.05, 4.69) is 21.2 Å². The third-order valence-corrected chi connectivity index (χ3v) is 2.99. The third kappa shape index (κ3) is 5.10. The van der Waals surface area contributed by atoms with E-state index in [-0.39, 0.29) is 36.4 Å². The lowest BCUT2D eigenvalue weighted by atomic mass is 10.1. The van der Waals surface area contributed by atoms with Crippen LogP contribution in [0, 0.1) is 0 Å². The molecule has 0 radical (unpaired) electrons. The van der Waals surface area contributed by atoms with Crippen molar-refractivity contribution in [3.8, 4) is 0 Å². The minimum Gasteiger partial charge on any atom is -0.394 e. The van der Waals surface area contributed by atoms with Crippen LogP contribution in [-0.2, 0) is 10.9 Å². The van der Waals surface area contributed by atoms with E-state index in [1.807, 2.05) is 0 Å². The maximum absolute atomic E-state index is 12.7. The molecule has 8 heteroatoms. The number of ether oxygens (including phenoxy) is 1. The van der Waals surface area contributed by atoms with E-state index in [9.17, 15) is 18.0 Å². The quantitative estimate of drug-likeness (QED) is 0.769. The molecule has 0 bridgehead atoms. The Morgan fingerprint density at radius 3 is 2.65 bits per heavy atom. The predicted molar refractivity (Wildman–Crippen MR) is 69.4 cm³/mol. The van der Waals surface area contributed by atoms with Crippen LogP contribution >= 0.6 is 15.9 Å². The zero-order valence-corrected chi connectivity index (χ0v) is 11.9. The van der Waals surface area contributed by atoms with Crippen molar-refractivity contribution in [3.05, 3.63) is 33.8 Å². The van der Waals surface area contributed by atoms with Crippen molar-refractivity contribution in [1.82, 2.24) is 5.32 Å². The fraction of sp³-hybridized carbons (Fsp3) is 0.417. The number of aliphatic hydroxyl groups excluding tert-OH is 1. The molecule has 1 aromatic carbocycles. The molecule has 0 unspecified atom stereocenters. The minimum atomic E-state index is -4.53. The number of hydrogen-bond donors (Lipinski definition) is 2. The molecule has 0 atom stereocenters. The highest BCUT2D eigenvalue weighted by Crippen LogP contribution is 2.35. The first-order chi connectivity index (χ1) is 9.36. The van der Waals surface area contributed by atoms with Gasteiger partial charge < -0.3 is 15.2 Å². The van der Waals surface area contributed by atoms with Crippen LogP contribution in [0.5, 0.6) is 0 Å². The van der Waals surface area contributed by atoms with Crippen LogP contribution in [0.25, 0.3) is 0 Å². The van der Waals surface area contributed by atoms with Crippen LogP contribution in [0.3, 0.4) is 0 Å². The molecule has 1 rings (SSSR count). The SMILES string of the molecule is O=C(NCCOCCO)c1ccc(Br)c(C(F)(F)F)c1. The second kappa shape index (κ2) is 7.61. The average Bonchev–Trinajstić information content (AvgIpc) is 2.37. The molecule has 0 aromatic heterocycles. The van der Waals surface area contributed by atoms with Crippen LogP contribution in [0.15, 0.2) is 22.7 Å². The van der Waals surface area contributed by atoms with E-state index in [1.54, 1.807) is 0 Å². The van der Waals surface area contributed by atoms with Crippen LogP contribution in [0.2, 0.25) is 0 Å². The Kier molecular flexibility index (Phi) is 6.44. The van der Waals surface area contributed by atoms with Gasteiger partial charge in [0.05, 0.1) is 25.4 Å². The molecule has 0 aliphatic rings. The molecule has 1 aromatic rings. The van der Waals surface area contributed by atoms with E-state index in [0.29, 0.717) is 0 Å². The molecule has 0 aliphatic carbocycles. The van der Waals surface area contributed by atoms with Gasteiger partial charge in [-0.3, -0.25) is 4.79 Å². The number of carbonyl (C=O) groups excluding carboxylic acids is 1. The van der Waals surface area contributed by atoms with Crippen molar-refractivity contribution < 1.29 is 27.8 Å². The summed E-state index contributed by atoms with van der Waals surface area (Å²) < 4.78 is 42.8. The molecule has 0 fully saturated rings. The van der Waals surface area contributed by atoms with E-state index in [4.69, 9.17) is 9.84 Å². The first-order valence-corrected chi connectivity index (χ1v) is 6.49. The van der Waals surface area contributed by atoms with Crippen molar-refractivity contribution in [1.29, 1.82) is 0 Å². The summed E-state index contributed by atoms with van der Waals surface area (Å²) in [5.41, 5.74) is -0.982. The lowest BCUT2D eigenvalue weighted by Crippen LogP contribution is -2.27. The third-order valence-electron chi connectivity index (χ3n) is 2.30. The summed E-state index contributed by atoms with van der Waals surface area (Å²) in [7, 11) is 0. The minimum absolute atomic E-state index is 0.0808. The molecule has 4 nitrogen and oxygen atoms in total. The van der Waals surface area contributed by atoms with Gasteiger partial charge in [0.25, 0.3) is 5.91 Å². The van der Waals surface area contributed by atoms with E-state index in [0.717, 1.165) is 6.07 Å². The first kappa shape index (κ1) is 16.9. The number of rotatable bonds is 6. The molecule has 0 heterocycles. The standard InChI is InChI=1S/C12H13BrF3NO3/c13-10-2-1-8(7-9(10)12(14,15)16)11(19)17-3-5-20-6-4-18/h1-2,7,18H,3-6H2,(H,17,19). The lowest BCUT2D eigenvalue weighted by Gasteiger charge is -2.11. The Hall–Kier alpha value is -1.12. The molecule has 0 spiro atoms. The van der Waals surface area contributed by atoms with Crippen LogP contribution in [-0.4, -0.2) is 37.4 Å². The zero-order chi connectivity index (χ0) is 15.2. The summed E-state index contributed by atoms with van der Waals surface area (Å²) in [5, 5.41) is 10.9. The Labute approximate surface area is 122 Å². The van der Waals surface area contributed by atoms with Crippen molar-refractivity contribution in [3.63, 3.8) is 0 Å². The molecule has 20 heavy (non-hydrogen) atoms. The van der Waals surface area contributed by atoms with Gasteiger partial charge in [-0.25, -0.2) is 0 Å². The second-order valence-corrected chi connectivity index (χ2v) is 4.64. The monoisotopic (exact) mass is 355 g/mol. The second-order valence-electron chi connectivity index (χ2n) is 3.78. The number of nitrogens with one attached hydrogen (secondary N) is 1. The maximum atomic E-state index is 12.7. The normalized spacial score (nSPS) is 11.4. The highest BCUT2D eigenvalue weighted by atomic mass is 79.9. The van der Waals surface area contributed by atoms with Gasteiger partial charge in [0.1, 0.15) is 0 Å². The Balaban J connectivity index is 2.65. The Bertz CT molecular complexity index is 466. The predicted octanol–water partition coefficient (Wildman–Crippen LogP) is 2.21. The number of aliphatic hydroxyl groups is 1. The molecular weight excluding hydrogens is 343 g/mol. The summed E-state index contributed by atoms with van der Waals surface area (Å²) in [6, 6.07) is 3.26. The van der Waals surface area contributed by atoms with Gasteiger partial charge in [0.15, 0.2) is 0 Å². The fourth-order valence-corrected chi connectivity index (χ4v) is 1.86. The van der Waals surface area contributed by atoms with Crippen molar-refractivity contribution in [2.45, 2.75) is 6.18 Å². The average molecular weight is 356 g/mol. The molecule has 0 saturated carbocycles. The maximum Gasteiger partial charge on any atom is 0.417 e. The van der Waals surface area contributed by atoms with Gasteiger partial charge in [-0.2, -0.15) is 13.2 Å². The number of halogens is 4. The highest BCUT2D eigenvalue weighted by Gasteiger charge is 2.33. The number of hydrogen-bond acceptors (Lipinski definition) is 3. The van der Waals surface area contributed by atoms with E-state index < -0.39 is 17.6 Å². The van der Waals surface area contributed by atoms with Gasteiger partial charge in [0, 0.05) is 16.6 Å². The number of benzene rings is 1. The van der Waals surface area contributed by atoms with Gasteiger partial charge in [-0.05, 0) is 18.2 Å². The Morgan fingerprint density at radius 2 is 2.05 bits per heavy atom. The summed E-state index contributed by atoms with van der Waals surface area (Å²) in [6.07, 6.45) is -4.53. The summed E-state index contributed by atoms with van der Waals surface area (Å²) in [5.74, 6) is -0.615. The molecular formula is C12H13BrF3NO3. The smallest absolute Gasteiger partial charge is 0.394 e. The van der Waals surface area contributed by atoms with Gasteiger partial charge in [-0.1, -0.05) is 15.9 Å². The number of alkyl halides is 3. The van der Waals surface area contributed by atoms with Crippen molar-refractivity contribution in [2.75, 3.05) is 26.4 Å². The topological polar surface area (TPSA) is 58.6 Å². The number of amides is 1. The molecule has 0 aliphatic heterocycles. The lowest BCUT2D eigenvalue weighted by molar-refractivity contribution is -0.138. The molecule has 1 amide bonds. The zero-order valence-electron chi connectivity index (χ0n) is 10.3. The molecule has 0 saturated heterocycles. The number of carbonyl (C=O) groups is 1. The van der Waals surface area contributed by atoms with Crippen molar-refractivity contribution in [2.24, 2.45) is 0 Å².